The average Bonchev–Trinajstić information content (AvgIpc) is 3.40. The Hall–Kier alpha value is -1.17. The van der Waals surface area contributed by atoms with E-state index in [-0.39, 0.29) is 23.6 Å². The fraction of sp³-hybridized carbons (Fsp3) is 0.857. The number of likely N-dealkylation sites (tertiary alicyclic amines) is 2. The molecule has 11 heteroatoms. The van der Waals surface area contributed by atoms with Gasteiger partial charge in [-0.25, -0.2) is 9.59 Å². The molecule has 3 rings (SSSR count). The lowest BCUT2D eigenvalue weighted by atomic mass is 9.98. The standard InChI is InChI=1S/C11H19NO3.C10H17NO3.S3/c1-10(2,3)15-9(13)12-6-4-11(5-7-12)8-14-11;1-10(2,3)14-9(13)11-6-4-8(12)5-7-11;1-3-2/h4-8H2,1-3H3;4-7H2,1-3H3;. The first kappa shape index (κ1) is 28.9. The van der Waals surface area contributed by atoms with Crippen molar-refractivity contribution in [3.63, 3.8) is 0 Å². The van der Waals surface area contributed by atoms with E-state index in [9.17, 15) is 14.4 Å². The number of hydrogen-bond donors (Lipinski definition) is 0. The first-order valence-electron chi connectivity index (χ1n) is 10.7. The highest BCUT2D eigenvalue weighted by molar-refractivity contribution is 8.37. The molecule has 0 N–H and O–H groups in total. The number of epoxide rings is 1. The number of ether oxygens (including phenoxy) is 3. The first-order valence-corrected chi connectivity index (χ1v) is 13.4. The van der Waals surface area contributed by atoms with E-state index >= 15 is 0 Å². The molecule has 3 aliphatic rings. The van der Waals surface area contributed by atoms with Crippen LogP contribution in [0.1, 0.15) is 67.2 Å². The summed E-state index contributed by atoms with van der Waals surface area (Å²) in [7, 11) is 0.917. The van der Waals surface area contributed by atoms with Crippen LogP contribution >= 0.6 is 0 Å². The SMILES string of the molecule is CC(C)(C)OC(=O)N1CCC(=O)CC1.CC(C)(C)OC(=O)N1CCC2(CC1)CO2.S=S=S. The van der Waals surface area contributed by atoms with Crippen molar-refractivity contribution in [2.75, 3.05) is 32.8 Å². The summed E-state index contributed by atoms with van der Waals surface area (Å²) in [6.45, 7) is 14.5. The van der Waals surface area contributed by atoms with Gasteiger partial charge in [-0.15, -0.1) is 0 Å². The number of hydrogen-bond acceptors (Lipinski definition) is 8. The molecule has 0 aliphatic carbocycles. The third-order valence-corrected chi connectivity index (χ3v) is 4.85. The zero-order valence-electron chi connectivity index (χ0n) is 19.9. The van der Waals surface area contributed by atoms with Crippen LogP contribution in [0.2, 0.25) is 0 Å². The first-order chi connectivity index (χ1) is 14.7. The summed E-state index contributed by atoms with van der Waals surface area (Å²) in [5.41, 5.74) is -0.737. The highest BCUT2D eigenvalue weighted by atomic mass is 33.1. The molecule has 3 saturated heterocycles. The lowest BCUT2D eigenvalue weighted by Crippen LogP contribution is -2.43. The van der Waals surface area contributed by atoms with Gasteiger partial charge in [-0.05, 0) is 54.4 Å². The Balaban J connectivity index is 0.000000286. The topological polar surface area (TPSA) is 88.7 Å². The number of carbonyl (C=O) groups excluding carboxylic acids is 3. The smallest absolute Gasteiger partial charge is 0.410 e. The molecule has 0 atom stereocenters. The predicted molar refractivity (Wildman–Crippen MR) is 130 cm³/mol. The van der Waals surface area contributed by atoms with Crippen molar-refractivity contribution in [2.24, 2.45) is 0 Å². The zero-order valence-corrected chi connectivity index (χ0v) is 22.4. The second-order valence-electron chi connectivity index (χ2n) is 10.0. The van der Waals surface area contributed by atoms with Crippen LogP contribution in [0.15, 0.2) is 0 Å². The van der Waals surface area contributed by atoms with Gasteiger partial charge in [-0.3, -0.25) is 4.79 Å². The quantitative estimate of drug-likeness (QED) is 0.460. The van der Waals surface area contributed by atoms with E-state index in [1.54, 1.807) is 9.80 Å². The molecule has 3 fully saturated rings. The van der Waals surface area contributed by atoms with Crippen LogP contribution in [-0.4, -0.2) is 77.4 Å². The third-order valence-electron chi connectivity index (χ3n) is 4.85. The molecule has 32 heavy (non-hydrogen) atoms. The van der Waals surface area contributed by atoms with Gasteiger partial charge < -0.3 is 24.0 Å². The van der Waals surface area contributed by atoms with Crippen LogP contribution in [0.25, 0.3) is 0 Å². The van der Waals surface area contributed by atoms with Crippen LogP contribution in [0.5, 0.6) is 0 Å². The van der Waals surface area contributed by atoms with Gasteiger partial charge in [0.15, 0.2) is 0 Å². The highest BCUT2D eigenvalue weighted by Crippen LogP contribution is 2.37. The van der Waals surface area contributed by atoms with Gasteiger partial charge in [0.25, 0.3) is 0 Å². The minimum atomic E-state index is -0.460. The summed E-state index contributed by atoms with van der Waals surface area (Å²) in [6, 6.07) is 0. The van der Waals surface area contributed by atoms with Crippen molar-refractivity contribution in [1.29, 1.82) is 0 Å². The maximum atomic E-state index is 11.7. The number of amides is 2. The molecule has 0 aromatic heterocycles. The van der Waals surface area contributed by atoms with Crippen LogP contribution < -0.4 is 0 Å². The fourth-order valence-electron chi connectivity index (χ4n) is 3.08. The average molecular weight is 509 g/mol. The van der Waals surface area contributed by atoms with Gasteiger partial charge in [0.1, 0.15) is 17.0 Å². The molecule has 3 heterocycles. The Bertz CT molecular complexity index is 687. The molecule has 0 bridgehead atoms. The van der Waals surface area contributed by atoms with Crippen LogP contribution in [0, 0.1) is 0 Å². The van der Waals surface area contributed by atoms with Crippen molar-refractivity contribution in [1.82, 2.24) is 9.80 Å². The van der Waals surface area contributed by atoms with Crippen molar-refractivity contribution < 1.29 is 28.6 Å². The molecule has 1 spiro atoms. The molecular weight excluding hydrogens is 472 g/mol. The fourth-order valence-corrected chi connectivity index (χ4v) is 3.08. The van der Waals surface area contributed by atoms with Crippen LogP contribution in [-0.2, 0) is 50.3 Å². The van der Waals surface area contributed by atoms with Gasteiger partial charge in [0.2, 0.25) is 0 Å². The monoisotopic (exact) mass is 508 g/mol. The van der Waals surface area contributed by atoms with Gasteiger partial charge in [0.05, 0.1) is 12.2 Å². The van der Waals surface area contributed by atoms with E-state index < -0.39 is 11.2 Å². The van der Waals surface area contributed by atoms with Gasteiger partial charge >= 0.3 is 12.2 Å². The number of carbonyl (C=O) groups is 3. The molecule has 0 unspecified atom stereocenters. The zero-order chi connectivity index (χ0) is 24.6. The molecule has 0 aromatic carbocycles. The van der Waals surface area contributed by atoms with E-state index in [0.29, 0.717) is 25.9 Å². The summed E-state index contributed by atoms with van der Waals surface area (Å²) in [5, 5.41) is 0. The van der Waals surface area contributed by atoms with E-state index in [4.69, 9.17) is 14.2 Å². The van der Waals surface area contributed by atoms with Gasteiger partial charge in [-0.2, -0.15) is 0 Å². The predicted octanol–water partition coefficient (Wildman–Crippen LogP) is 3.37. The second kappa shape index (κ2) is 12.3. The summed E-state index contributed by atoms with van der Waals surface area (Å²) in [4.78, 5) is 37.5. The maximum absolute atomic E-state index is 11.7. The molecular formula is C21H36N2O6S3. The Morgan fingerprint density at radius 2 is 1.22 bits per heavy atom. The summed E-state index contributed by atoms with van der Waals surface area (Å²) >= 11 is 8.25. The Kier molecular flexibility index (Phi) is 11.1. The number of ketones is 1. The molecule has 0 saturated carbocycles. The van der Waals surface area contributed by atoms with Crippen molar-refractivity contribution in [3.05, 3.63) is 0 Å². The van der Waals surface area contributed by atoms with E-state index in [1.165, 1.54) is 0 Å². The Labute approximate surface area is 204 Å². The van der Waals surface area contributed by atoms with Crippen molar-refractivity contribution >= 4 is 49.2 Å². The lowest BCUT2D eigenvalue weighted by Gasteiger charge is -2.32. The van der Waals surface area contributed by atoms with Crippen LogP contribution in [0.4, 0.5) is 9.59 Å². The van der Waals surface area contributed by atoms with E-state index in [0.717, 1.165) is 41.4 Å². The normalized spacial score (nSPS) is 19.6. The summed E-state index contributed by atoms with van der Waals surface area (Å²) in [6.07, 6.45) is 2.31. The summed E-state index contributed by atoms with van der Waals surface area (Å²) in [5.74, 6) is 0.227. The minimum Gasteiger partial charge on any atom is -0.444 e. The van der Waals surface area contributed by atoms with Crippen LogP contribution in [0.3, 0.4) is 0 Å². The Morgan fingerprint density at radius 1 is 0.875 bits per heavy atom. The molecule has 3 aliphatic heterocycles. The van der Waals surface area contributed by atoms with Crippen molar-refractivity contribution in [3.8, 4) is 0 Å². The third kappa shape index (κ3) is 11.6. The van der Waals surface area contributed by atoms with E-state index in [1.807, 2.05) is 41.5 Å². The number of piperidine rings is 2. The second-order valence-corrected chi connectivity index (χ2v) is 11.8. The van der Waals surface area contributed by atoms with Gasteiger partial charge in [0, 0.05) is 70.3 Å². The highest BCUT2D eigenvalue weighted by Gasteiger charge is 2.47. The molecule has 184 valence electrons. The van der Waals surface area contributed by atoms with Gasteiger partial charge in [-0.1, -0.05) is 0 Å². The number of nitrogens with zero attached hydrogens (tertiary/aromatic N) is 2. The largest absolute Gasteiger partial charge is 0.444 e. The molecule has 8 nitrogen and oxygen atoms in total. The Morgan fingerprint density at radius 3 is 1.53 bits per heavy atom. The van der Waals surface area contributed by atoms with E-state index in [2.05, 4.69) is 22.4 Å². The molecule has 0 radical (unpaired) electrons. The molecule has 2 amide bonds. The number of Topliss-reactive ketones (excluding diaryl/α,β-unsaturated/α-hetero) is 1. The lowest BCUT2D eigenvalue weighted by molar-refractivity contribution is -0.121. The molecule has 0 aromatic rings. The van der Waals surface area contributed by atoms with Crippen molar-refractivity contribution in [2.45, 2.75) is 84.0 Å². The minimum absolute atomic E-state index is 0.124. The number of rotatable bonds is 0. The summed E-state index contributed by atoms with van der Waals surface area (Å²) < 4.78 is 15.9. The maximum Gasteiger partial charge on any atom is 0.410 e.